The van der Waals surface area contributed by atoms with E-state index in [2.05, 4.69) is 50.4 Å². The Morgan fingerprint density at radius 2 is 1.84 bits per heavy atom. The molecule has 0 amide bonds. The van der Waals surface area contributed by atoms with Gasteiger partial charge in [-0.2, -0.15) is 0 Å². The molecule has 2 aliphatic carbocycles. The highest BCUT2D eigenvalue weighted by molar-refractivity contribution is 5.39. The van der Waals surface area contributed by atoms with Crippen LogP contribution in [0.1, 0.15) is 50.7 Å². The van der Waals surface area contributed by atoms with Crippen LogP contribution in [-0.2, 0) is 5.41 Å². The lowest BCUT2D eigenvalue weighted by Gasteiger charge is -2.50. The predicted molar refractivity (Wildman–Crippen MR) is 81.5 cm³/mol. The summed E-state index contributed by atoms with van der Waals surface area (Å²) < 4.78 is 0. The van der Waals surface area contributed by atoms with Crippen molar-refractivity contribution in [3.05, 3.63) is 35.4 Å². The third kappa shape index (κ3) is 2.45. The molecule has 1 nitrogen and oxygen atoms in total. The molecule has 1 N–H and O–H groups in total. The second-order valence-corrected chi connectivity index (χ2v) is 7.47. The zero-order valence-electron chi connectivity index (χ0n) is 12.6. The molecule has 0 saturated heterocycles. The standard InChI is InChI=1S/C18H27N/c1-14(2)10-19-13-18(11-17(12-18)8-9-17)16-7-5-4-6-15(16)3/h4-7,14,19H,8-13H2,1-3H3. The van der Waals surface area contributed by atoms with Crippen molar-refractivity contribution in [3.63, 3.8) is 0 Å². The Balaban J connectivity index is 1.76. The molecular formula is C18H27N. The number of benzene rings is 1. The van der Waals surface area contributed by atoms with Crippen molar-refractivity contribution in [3.8, 4) is 0 Å². The molecule has 1 spiro atoms. The minimum absolute atomic E-state index is 0.427. The molecule has 2 fully saturated rings. The molecule has 2 aliphatic rings. The van der Waals surface area contributed by atoms with Gasteiger partial charge in [0.05, 0.1) is 0 Å². The first kappa shape index (κ1) is 13.2. The minimum atomic E-state index is 0.427. The number of aryl methyl sites for hydroxylation is 1. The molecule has 0 unspecified atom stereocenters. The summed E-state index contributed by atoms with van der Waals surface area (Å²) >= 11 is 0. The van der Waals surface area contributed by atoms with E-state index in [1.54, 1.807) is 5.56 Å². The van der Waals surface area contributed by atoms with Gasteiger partial charge in [-0.3, -0.25) is 0 Å². The molecule has 0 bridgehead atoms. The smallest absolute Gasteiger partial charge is 0.00909 e. The van der Waals surface area contributed by atoms with Crippen molar-refractivity contribution in [1.29, 1.82) is 0 Å². The van der Waals surface area contributed by atoms with E-state index in [0.717, 1.165) is 24.4 Å². The van der Waals surface area contributed by atoms with Gasteiger partial charge in [0.15, 0.2) is 0 Å². The van der Waals surface area contributed by atoms with Crippen LogP contribution in [0, 0.1) is 18.3 Å². The van der Waals surface area contributed by atoms with E-state index in [1.807, 2.05) is 0 Å². The van der Waals surface area contributed by atoms with Gasteiger partial charge in [-0.05, 0) is 61.6 Å². The van der Waals surface area contributed by atoms with E-state index in [-0.39, 0.29) is 0 Å². The fourth-order valence-corrected chi connectivity index (χ4v) is 4.09. The molecule has 0 heterocycles. The van der Waals surface area contributed by atoms with Gasteiger partial charge in [0.1, 0.15) is 0 Å². The lowest BCUT2D eigenvalue weighted by atomic mass is 9.55. The molecule has 19 heavy (non-hydrogen) atoms. The summed E-state index contributed by atoms with van der Waals surface area (Å²) in [6.45, 7) is 9.16. The van der Waals surface area contributed by atoms with Gasteiger partial charge >= 0.3 is 0 Å². The number of rotatable bonds is 5. The SMILES string of the molecule is Cc1ccccc1C1(CNCC(C)C)CC2(CC2)C1. The van der Waals surface area contributed by atoms with Crippen LogP contribution in [0.3, 0.4) is 0 Å². The van der Waals surface area contributed by atoms with Crippen LogP contribution in [0.5, 0.6) is 0 Å². The van der Waals surface area contributed by atoms with Crippen LogP contribution in [0.15, 0.2) is 24.3 Å². The second kappa shape index (κ2) is 4.63. The largest absolute Gasteiger partial charge is 0.316 e. The fourth-order valence-electron chi connectivity index (χ4n) is 4.09. The normalized spacial score (nSPS) is 22.5. The van der Waals surface area contributed by atoms with E-state index in [4.69, 9.17) is 0 Å². The Bertz CT molecular complexity index is 449. The molecule has 1 heteroatoms. The summed E-state index contributed by atoms with van der Waals surface area (Å²) in [4.78, 5) is 0. The van der Waals surface area contributed by atoms with Gasteiger partial charge in [0.25, 0.3) is 0 Å². The maximum atomic E-state index is 3.72. The van der Waals surface area contributed by atoms with E-state index < -0.39 is 0 Å². The Kier molecular flexibility index (Phi) is 3.21. The van der Waals surface area contributed by atoms with Crippen LogP contribution in [-0.4, -0.2) is 13.1 Å². The van der Waals surface area contributed by atoms with E-state index in [1.165, 1.54) is 31.2 Å². The first-order valence-electron chi connectivity index (χ1n) is 7.82. The Morgan fingerprint density at radius 1 is 1.16 bits per heavy atom. The predicted octanol–water partition coefficient (Wildman–Crippen LogP) is 4.05. The van der Waals surface area contributed by atoms with Crippen molar-refractivity contribution in [2.45, 2.75) is 51.9 Å². The Labute approximate surface area is 117 Å². The maximum Gasteiger partial charge on any atom is 0.00909 e. The molecule has 2 saturated carbocycles. The summed E-state index contributed by atoms with van der Waals surface area (Å²) in [6.07, 6.45) is 5.78. The van der Waals surface area contributed by atoms with Gasteiger partial charge < -0.3 is 5.32 Å². The van der Waals surface area contributed by atoms with E-state index >= 15 is 0 Å². The highest BCUT2D eigenvalue weighted by Crippen LogP contribution is 2.68. The second-order valence-electron chi connectivity index (χ2n) is 7.47. The first-order chi connectivity index (χ1) is 9.05. The number of hydrogen-bond acceptors (Lipinski definition) is 1. The van der Waals surface area contributed by atoms with E-state index in [9.17, 15) is 0 Å². The Hall–Kier alpha value is -0.820. The van der Waals surface area contributed by atoms with Gasteiger partial charge in [0, 0.05) is 12.0 Å². The maximum absolute atomic E-state index is 3.72. The van der Waals surface area contributed by atoms with Crippen molar-refractivity contribution in [2.75, 3.05) is 13.1 Å². The monoisotopic (exact) mass is 257 g/mol. The molecule has 1 aromatic rings. The molecule has 0 aliphatic heterocycles. The van der Waals surface area contributed by atoms with Gasteiger partial charge in [-0.25, -0.2) is 0 Å². The number of hydrogen-bond donors (Lipinski definition) is 1. The van der Waals surface area contributed by atoms with Gasteiger partial charge in [0.2, 0.25) is 0 Å². The van der Waals surface area contributed by atoms with Crippen LogP contribution < -0.4 is 5.32 Å². The van der Waals surface area contributed by atoms with Crippen LogP contribution in [0.25, 0.3) is 0 Å². The van der Waals surface area contributed by atoms with Crippen molar-refractivity contribution < 1.29 is 0 Å². The quantitative estimate of drug-likeness (QED) is 0.839. The van der Waals surface area contributed by atoms with Crippen molar-refractivity contribution >= 4 is 0 Å². The van der Waals surface area contributed by atoms with Crippen LogP contribution >= 0.6 is 0 Å². The highest BCUT2D eigenvalue weighted by Gasteiger charge is 2.61. The average molecular weight is 257 g/mol. The third-order valence-electron chi connectivity index (χ3n) is 5.12. The number of nitrogens with one attached hydrogen (secondary N) is 1. The van der Waals surface area contributed by atoms with Crippen LogP contribution in [0.2, 0.25) is 0 Å². The molecular weight excluding hydrogens is 230 g/mol. The Morgan fingerprint density at radius 3 is 2.42 bits per heavy atom. The van der Waals surface area contributed by atoms with Gasteiger partial charge in [-0.15, -0.1) is 0 Å². The average Bonchev–Trinajstić information content (AvgIpc) is 3.08. The lowest BCUT2D eigenvalue weighted by Crippen LogP contribution is -2.50. The molecule has 0 aromatic heterocycles. The summed E-state index contributed by atoms with van der Waals surface area (Å²) in [7, 11) is 0. The molecule has 3 rings (SSSR count). The van der Waals surface area contributed by atoms with Gasteiger partial charge in [-0.1, -0.05) is 38.1 Å². The first-order valence-corrected chi connectivity index (χ1v) is 7.82. The summed E-state index contributed by atoms with van der Waals surface area (Å²) in [6, 6.07) is 9.02. The zero-order chi connectivity index (χ0) is 13.5. The van der Waals surface area contributed by atoms with E-state index in [0.29, 0.717) is 5.41 Å². The third-order valence-corrected chi connectivity index (χ3v) is 5.12. The molecule has 104 valence electrons. The zero-order valence-corrected chi connectivity index (χ0v) is 12.6. The molecule has 0 radical (unpaired) electrons. The van der Waals surface area contributed by atoms with Crippen molar-refractivity contribution in [2.24, 2.45) is 11.3 Å². The minimum Gasteiger partial charge on any atom is -0.316 e. The molecule has 1 aromatic carbocycles. The molecule has 0 atom stereocenters. The van der Waals surface area contributed by atoms with Crippen molar-refractivity contribution in [1.82, 2.24) is 5.32 Å². The summed E-state index contributed by atoms with van der Waals surface area (Å²) in [5, 5.41) is 3.72. The summed E-state index contributed by atoms with van der Waals surface area (Å²) in [5.41, 5.74) is 4.26. The topological polar surface area (TPSA) is 12.0 Å². The van der Waals surface area contributed by atoms with Crippen LogP contribution in [0.4, 0.5) is 0 Å². The highest BCUT2D eigenvalue weighted by atomic mass is 14.9. The lowest BCUT2D eigenvalue weighted by molar-refractivity contribution is 0.115. The fraction of sp³-hybridized carbons (Fsp3) is 0.667. The summed E-state index contributed by atoms with van der Waals surface area (Å²) in [5.74, 6) is 0.740.